The van der Waals surface area contributed by atoms with Crippen LogP contribution in [0, 0.1) is 6.92 Å². The van der Waals surface area contributed by atoms with Gasteiger partial charge in [-0.05, 0) is 78.1 Å². The zero-order valence-electron chi connectivity index (χ0n) is 23.1. The number of carboxylic acids is 2. The summed E-state index contributed by atoms with van der Waals surface area (Å²) in [5.74, 6) is -0.441. The SMILES string of the molecule is Cc1cc(Cl)cc(Cl)c1OC/C=C/COc1ccc(C=Cc2cccc3c2c(CC(=O)O)cn3CCCC(=O)O)cc1. The molecule has 0 saturated carbocycles. The molecule has 0 unspecified atom stereocenters. The fourth-order valence-electron chi connectivity index (χ4n) is 4.64. The monoisotopic (exact) mass is 607 g/mol. The Hall–Kier alpha value is -4.20. The largest absolute Gasteiger partial charge is 0.490 e. The Morgan fingerprint density at radius 3 is 2.36 bits per heavy atom. The Bertz CT molecular complexity index is 1600. The summed E-state index contributed by atoms with van der Waals surface area (Å²) in [4.78, 5) is 22.5. The van der Waals surface area contributed by atoms with Gasteiger partial charge >= 0.3 is 11.9 Å². The predicted molar refractivity (Wildman–Crippen MR) is 167 cm³/mol. The molecule has 4 aromatic rings. The maximum absolute atomic E-state index is 11.5. The van der Waals surface area contributed by atoms with Crippen LogP contribution in [0.15, 0.2) is 72.9 Å². The topological polar surface area (TPSA) is 98.0 Å². The van der Waals surface area contributed by atoms with Crippen molar-refractivity contribution in [2.45, 2.75) is 32.7 Å². The predicted octanol–water partition coefficient (Wildman–Crippen LogP) is 7.93. The van der Waals surface area contributed by atoms with E-state index in [2.05, 4.69) is 0 Å². The molecule has 0 amide bonds. The second-order valence-corrected chi connectivity index (χ2v) is 10.5. The lowest BCUT2D eigenvalue weighted by Crippen LogP contribution is -2.01. The smallest absolute Gasteiger partial charge is 0.307 e. The van der Waals surface area contributed by atoms with Crippen LogP contribution in [0.3, 0.4) is 0 Å². The summed E-state index contributed by atoms with van der Waals surface area (Å²) in [5.41, 5.74) is 4.30. The van der Waals surface area contributed by atoms with Gasteiger partial charge in [-0.25, -0.2) is 0 Å². The molecule has 0 aliphatic rings. The average Bonchev–Trinajstić information content (AvgIpc) is 3.28. The van der Waals surface area contributed by atoms with Crippen LogP contribution in [0.4, 0.5) is 0 Å². The fraction of sp³-hybridized carbons (Fsp3) is 0.212. The van der Waals surface area contributed by atoms with Crippen molar-refractivity contribution in [1.82, 2.24) is 4.57 Å². The number of carboxylic acid groups (broad SMARTS) is 2. The van der Waals surface area contributed by atoms with Crippen molar-refractivity contribution in [1.29, 1.82) is 0 Å². The van der Waals surface area contributed by atoms with Gasteiger partial charge in [-0.1, -0.05) is 59.6 Å². The lowest BCUT2D eigenvalue weighted by molar-refractivity contribution is -0.137. The number of hydrogen-bond acceptors (Lipinski definition) is 4. The lowest BCUT2D eigenvalue weighted by Gasteiger charge is -2.09. The van der Waals surface area contributed by atoms with Crippen LogP contribution >= 0.6 is 23.2 Å². The molecule has 2 N–H and O–H groups in total. The molecule has 9 heteroatoms. The quantitative estimate of drug-likeness (QED) is 0.111. The van der Waals surface area contributed by atoms with E-state index in [1.54, 1.807) is 12.1 Å². The molecule has 0 radical (unpaired) electrons. The highest BCUT2D eigenvalue weighted by Gasteiger charge is 2.14. The van der Waals surface area contributed by atoms with Crippen LogP contribution in [-0.2, 0) is 22.6 Å². The molecule has 0 atom stereocenters. The van der Waals surface area contributed by atoms with E-state index in [0.717, 1.165) is 33.3 Å². The highest BCUT2D eigenvalue weighted by molar-refractivity contribution is 6.35. The second-order valence-electron chi connectivity index (χ2n) is 9.69. The van der Waals surface area contributed by atoms with Crippen molar-refractivity contribution >= 4 is 58.2 Å². The highest BCUT2D eigenvalue weighted by atomic mass is 35.5. The minimum absolute atomic E-state index is 0.0529. The van der Waals surface area contributed by atoms with Crippen LogP contribution in [0.2, 0.25) is 10.0 Å². The molecule has 0 aliphatic carbocycles. The molecule has 0 bridgehead atoms. The van der Waals surface area contributed by atoms with Gasteiger partial charge in [0, 0.05) is 35.1 Å². The Morgan fingerprint density at radius 2 is 1.67 bits per heavy atom. The molecule has 218 valence electrons. The number of carbonyl (C=O) groups is 2. The van der Waals surface area contributed by atoms with Crippen LogP contribution in [0.1, 0.15) is 35.1 Å². The highest BCUT2D eigenvalue weighted by Crippen LogP contribution is 2.32. The Balaban J connectivity index is 1.37. The third-order valence-electron chi connectivity index (χ3n) is 6.51. The zero-order chi connectivity index (χ0) is 30.1. The van der Waals surface area contributed by atoms with Gasteiger partial charge in [0.25, 0.3) is 0 Å². The Kier molecular flexibility index (Phi) is 10.7. The summed E-state index contributed by atoms with van der Waals surface area (Å²) >= 11 is 12.2. The van der Waals surface area contributed by atoms with Gasteiger partial charge in [-0.2, -0.15) is 0 Å². The summed E-state index contributed by atoms with van der Waals surface area (Å²) in [6.07, 6.45) is 9.87. The Labute approximate surface area is 254 Å². The van der Waals surface area contributed by atoms with Gasteiger partial charge in [-0.15, -0.1) is 0 Å². The maximum Gasteiger partial charge on any atom is 0.307 e. The minimum Gasteiger partial charge on any atom is -0.490 e. The van der Waals surface area contributed by atoms with E-state index in [1.807, 2.05) is 84.5 Å². The van der Waals surface area contributed by atoms with Crippen LogP contribution in [0.25, 0.3) is 23.1 Å². The average molecular weight is 609 g/mol. The van der Waals surface area contributed by atoms with Gasteiger partial charge < -0.3 is 24.3 Å². The first-order chi connectivity index (χ1) is 20.2. The van der Waals surface area contributed by atoms with Crippen molar-refractivity contribution in [3.63, 3.8) is 0 Å². The van der Waals surface area contributed by atoms with Gasteiger partial charge in [-0.3, -0.25) is 9.59 Å². The number of benzene rings is 3. The van der Waals surface area contributed by atoms with Crippen LogP contribution in [-0.4, -0.2) is 39.9 Å². The van der Waals surface area contributed by atoms with Crippen molar-refractivity contribution in [3.8, 4) is 11.5 Å². The van der Waals surface area contributed by atoms with Crippen molar-refractivity contribution < 1.29 is 29.3 Å². The van der Waals surface area contributed by atoms with Crippen molar-refractivity contribution in [2.75, 3.05) is 13.2 Å². The number of fused-ring (bicyclic) bond motifs is 1. The summed E-state index contributed by atoms with van der Waals surface area (Å²) in [7, 11) is 0. The first-order valence-electron chi connectivity index (χ1n) is 13.4. The van der Waals surface area contributed by atoms with Crippen molar-refractivity contribution in [2.24, 2.45) is 0 Å². The van der Waals surface area contributed by atoms with Gasteiger partial charge in [0.15, 0.2) is 0 Å². The molecule has 0 saturated heterocycles. The van der Waals surface area contributed by atoms with E-state index in [4.69, 9.17) is 37.8 Å². The molecule has 7 nitrogen and oxygen atoms in total. The number of ether oxygens (including phenoxy) is 2. The molecule has 1 heterocycles. The number of hydrogen-bond donors (Lipinski definition) is 2. The number of nitrogens with zero attached hydrogens (tertiary/aromatic N) is 1. The van der Waals surface area contributed by atoms with Crippen LogP contribution in [0.5, 0.6) is 11.5 Å². The molecule has 0 aliphatic heterocycles. The number of aryl methyl sites for hydroxylation is 2. The van der Waals surface area contributed by atoms with Gasteiger partial charge in [0.1, 0.15) is 24.7 Å². The third-order valence-corrected chi connectivity index (χ3v) is 7.01. The summed E-state index contributed by atoms with van der Waals surface area (Å²) in [6.45, 7) is 3.11. The van der Waals surface area contributed by atoms with Crippen molar-refractivity contribution in [3.05, 3.63) is 105 Å². The van der Waals surface area contributed by atoms with Gasteiger partial charge in [0.2, 0.25) is 0 Å². The van der Waals surface area contributed by atoms with E-state index < -0.39 is 11.9 Å². The zero-order valence-corrected chi connectivity index (χ0v) is 24.6. The first-order valence-corrected chi connectivity index (χ1v) is 14.2. The van der Waals surface area contributed by atoms with Gasteiger partial charge in [0.05, 0.1) is 11.4 Å². The first kappa shape index (κ1) is 30.8. The van der Waals surface area contributed by atoms with E-state index in [-0.39, 0.29) is 12.8 Å². The van der Waals surface area contributed by atoms with E-state index in [0.29, 0.717) is 47.5 Å². The number of aromatic nitrogens is 1. The Morgan fingerprint density at radius 1 is 0.929 bits per heavy atom. The summed E-state index contributed by atoms with van der Waals surface area (Å²) in [6, 6.07) is 16.9. The molecule has 4 rings (SSSR count). The summed E-state index contributed by atoms with van der Waals surface area (Å²) < 4.78 is 13.5. The van der Waals surface area contributed by atoms with Crippen LogP contribution < -0.4 is 9.47 Å². The van der Waals surface area contributed by atoms with E-state index in [9.17, 15) is 14.7 Å². The second kappa shape index (κ2) is 14.6. The molecular weight excluding hydrogens is 577 g/mol. The normalized spacial score (nSPS) is 11.5. The van der Waals surface area contributed by atoms with E-state index >= 15 is 0 Å². The van der Waals surface area contributed by atoms with E-state index in [1.165, 1.54) is 0 Å². The molecule has 0 spiro atoms. The lowest BCUT2D eigenvalue weighted by atomic mass is 10.0. The molecule has 42 heavy (non-hydrogen) atoms. The third kappa shape index (κ3) is 8.41. The minimum atomic E-state index is -0.919. The molecule has 1 aromatic heterocycles. The summed E-state index contributed by atoms with van der Waals surface area (Å²) in [5, 5.41) is 20.3. The molecule has 3 aromatic carbocycles. The number of aliphatic carboxylic acids is 2. The standard InChI is InChI=1S/C33H31Cl2NO6/c1-22-18-26(34)20-28(35)33(22)42-17-3-2-16-41-27-13-10-23(11-14-27)9-12-24-6-4-7-29-32(24)25(19-31(39)40)21-36(29)15-5-8-30(37)38/h2-4,6-7,9-14,18,20-21H,5,8,15-17,19H2,1H3,(H,37,38)(H,39,40)/b3-2+,12-9?. The maximum atomic E-state index is 11.5. The number of halogens is 2. The molecule has 0 fully saturated rings. The number of rotatable bonds is 14. The molecular formula is C33H31Cl2NO6. The fourth-order valence-corrected chi connectivity index (χ4v) is 5.28.